The Labute approximate surface area is 105 Å². The Balaban J connectivity index is 2.04. The number of hydrogen-bond donors (Lipinski definition) is 0. The van der Waals surface area contributed by atoms with Crippen LogP contribution in [0.15, 0.2) is 42.5 Å². The lowest BCUT2D eigenvalue weighted by Crippen LogP contribution is -2.15. The summed E-state index contributed by atoms with van der Waals surface area (Å²) in [7, 11) is 0. The summed E-state index contributed by atoms with van der Waals surface area (Å²) in [4.78, 5) is 0. The number of nitriles is 1. The van der Waals surface area contributed by atoms with Crippen LogP contribution in [-0.4, -0.2) is 13.2 Å². The van der Waals surface area contributed by atoms with E-state index in [1.165, 1.54) is 0 Å². The molecule has 2 aromatic carbocycles. The maximum absolute atomic E-state index is 8.91. The normalized spacial score (nSPS) is 12.8. The van der Waals surface area contributed by atoms with E-state index in [1.54, 1.807) is 6.07 Å². The Bertz CT molecular complexity index is 629. The van der Waals surface area contributed by atoms with Crippen molar-refractivity contribution >= 4 is 0 Å². The summed E-state index contributed by atoms with van der Waals surface area (Å²) in [6, 6.07) is 15.5. The topological polar surface area (TPSA) is 42.2 Å². The molecule has 0 amide bonds. The maximum atomic E-state index is 8.91. The fourth-order valence-corrected chi connectivity index (χ4v) is 1.99. The average Bonchev–Trinajstić information content (AvgIpc) is 2.47. The summed E-state index contributed by atoms with van der Waals surface area (Å²) in [6.07, 6.45) is 0. The number of ether oxygens (including phenoxy) is 2. The minimum Gasteiger partial charge on any atom is -0.486 e. The highest BCUT2D eigenvalue weighted by atomic mass is 16.6. The van der Waals surface area contributed by atoms with Crippen LogP contribution < -0.4 is 9.47 Å². The van der Waals surface area contributed by atoms with Crippen LogP contribution in [-0.2, 0) is 0 Å². The van der Waals surface area contributed by atoms with Crippen molar-refractivity contribution in [3.05, 3.63) is 48.0 Å². The smallest absolute Gasteiger partial charge is 0.161 e. The van der Waals surface area contributed by atoms with Gasteiger partial charge in [0.05, 0.1) is 11.6 Å². The first-order valence-electron chi connectivity index (χ1n) is 5.77. The second-order valence-corrected chi connectivity index (χ2v) is 4.05. The van der Waals surface area contributed by atoms with E-state index in [0.29, 0.717) is 18.8 Å². The van der Waals surface area contributed by atoms with Crippen LogP contribution in [0, 0.1) is 11.3 Å². The van der Waals surface area contributed by atoms with Crippen LogP contribution in [0.25, 0.3) is 11.1 Å². The van der Waals surface area contributed by atoms with Crippen LogP contribution in [0.1, 0.15) is 5.56 Å². The van der Waals surface area contributed by atoms with Crippen LogP contribution in [0.4, 0.5) is 0 Å². The van der Waals surface area contributed by atoms with Gasteiger partial charge in [0, 0.05) is 0 Å². The van der Waals surface area contributed by atoms with E-state index < -0.39 is 0 Å². The molecule has 3 nitrogen and oxygen atoms in total. The SMILES string of the molecule is N#Cc1cccc(-c2ccc3c(c2)OCCO3)c1. The fraction of sp³-hybridized carbons (Fsp3) is 0.133. The number of rotatable bonds is 1. The Kier molecular flexibility index (Phi) is 2.62. The number of fused-ring (bicyclic) bond motifs is 1. The first-order valence-corrected chi connectivity index (χ1v) is 5.77. The Morgan fingerprint density at radius 3 is 2.50 bits per heavy atom. The largest absolute Gasteiger partial charge is 0.486 e. The molecule has 0 aliphatic carbocycles. The molecule has 3 heteroatoms. The molecule has 0 spiro atoms. The molecule has 1 heterocycles. The molecular weight excluding hydrogens is 226 g/mol. The van der Waals surface area contributed by atoms with Gasteiger partial charge in [-0.3, -0.25) is 0 Å². The second-order valence-electron chi connectivity index (χ2n) is 4.05. The highest BCUT2D eigenvalue weighted by Crippen LogP contribution is 2.34. The van der Waals surface area contributed by atoms with Gasteiger partial charge < -0.3 is 9.47 Å². The van der Waals surface area contributed by atoms with Crippen molar-refractivity contribution in [2.45, 2.75) is 0 Å². The molecule has 0 atom stereocenters. The Hall–Kier alpha value is -2.47. The van der Waals surface area contributed by atoms with Gasteiger partial charge in [0.25, 0.3) is 0 Å². The highest BCUT2D eigenvalue weighted by molar-refractivity contribution is 5.68. The van der Waals surface area contributed by atoms with Gasteiger partial charge in [0.2, 0.25) is 0 Å². The third kappa shape index (κ3) is 1.89. The van der Waals surface area contributed by atoms with E-state index >= 15 is 0 Å². The average molecular weight is 237 g/mol. The summed E-state index contributed by atoms with van der Waals surface area (Å²) in [5.41, 5.74) is 2.68. The third-order valence-electron chi connectivity index (χ3n) is 2.87. The lowest BCUT2D eigenvalue weighted by molar-refractivity contribution is 0.171. The van der Waals surface area contributed by atoms with Crippen molar-refractivity contribution in [3.63, 3.8) is 0 Å². The summed E-state index contributed by atoms with van der Waals surface area (Å²) in [5, 5.41) is 8.91. The Morgan fingerprint density at radius 2 is 1.67 bits per heavy atom. The number of benzene rings is 2. The molecule has 1 aliphatic heterocycles. The molecule has 0 N–H and O–H groups in total. The first kappa shape index (κ1) is 10.7. The molecule has 0 radical (unpaired) electrons. The van der Waals surface area contributed by atoms with Crippen LogP contribution >= 0.6 is 0 Å². The summed E-state index contributed by atoms with van der Waals surface area (Å²) in [6.45, 7) is 1.17. The standard InChI is InChI=1S/C15H11NO2/c16-10-11-2-1-3-12(8-11)13-4-5-14-15(9-13)18-7-6-17-14/h1-5,8-9H,6-7H2. The zero-order valence-corrected chi connectivity index (χ0v) is 9.72. The van der Waals surface area contributed by atoms with Gasteiger partial charge in [-0.25, -0.2) is 0 Å². The van der Waals surface area contributed by atoms with Gasteiger partial charge in [0.1, 0.15) is 13.2 Å². The van der Waals surface area contributed by atoms with Crippen LogP contribution in [0.2, 0.25) is 0 Å². The third-order valence-corrected chi connectivity index (χ3v) is 2.87. The van der Waals surface area contributed by atoms with Gasteiger partial charge in [0.15, 0.2) is 11.5 Å². The number of nitrogens with zero attached hydrogens (tertiary/aromatic N) is 1. The van der Waals surface area contributed by atoms with Crippen molar-refractivity contribution < 1.29 is 9.47 Å². The van der Waals surface area contributed by atoms with Gasteiger partial charge in [-0.15, -0.1) is 0 Å². The summed E-state index contributed by atoms with van der Waals surface area (Å²) < 4.78 is 11.0. The number of hydrogen-bond acceptors (Lipinski definition) is 3. The van der Waals surface area contributed by atoms with Crippen molar-refractivity contribution in [1.29, 1.82) is 5.26 Å². The monoisotopic (exact) mass is 237 g/mol. The van der Waals surface area contributed by atoms with E-state index in [4.69, 9.17) is 14.7 Å². The molecule has 0 saturated heterocycles. The fourth-order valence-electron chi connectivity index (χ4n) is 1.99. The molecule has 88 valence electrons. The van der Waals surface area contributed by atoms with Gasteiger partial charge >= 0.3 is 0 Å². The van der Waals surface area contributed by atoms with Crippen molar-refractivity contribution in [3.8, 4) is 28.7 Å². The van der Waals surface area contributed by atoms with E-state index in [9.17, 15) is 0 Å². The molecule has 0 unspecified atom stereocenters. The van der Waals surface area contributed by atoms with Crippen LogP contribution in [0.5, 0.6) is 11.5 Å². The predicted molar refractivity (Wildman–Crippen MR) is 67.6 cm³/mol. The van der Waals surface area contributed by atoms with Crippen molar-refractivity contribution in [2.75, 3.05) is 13.2 Å². The summed E-state index contributed by atoms with van der Waals surface area (Å²) in [5.74, 6) is 1.54. The first-order chi connectivity index (χ1) is 8.86. The molecule has 2 aromatic rings. The second kappa shape index (κ2) is 4.42. The van der Waals surface area contributed by atoms with Crippen molar-refractivity contribution in [1.82, 2.24) is 0 Å². The Morgan fingerprint density at radius 1 is 0.889 bits per heavy atom. The summed E-state index contributed by atoms with van der Waals surface area (Å²) >= 11 is 0. The maximum Gasteiger partial charge on any atom is 0.161 e. The zero-order valence-electron chi connectivity index (χ0n) is 9.72. The molecule has 18 heavy (non-hydrogen) atoms. The highest BCUT2D eigenvalue weighted by Gasteiger charge is 2.12. The molecule has 1 aliphatic rings. The van der Waals surface area contributed by atoms with E-state index in [-0.39, 0.29) is 0 Å². The predicted octanol–water partition coefficient (Wildman–Crippen LogP) is 3.00. The minimum atomic E-state index is 0.578. The van der Waals surface area contributed by atoms with E-state index in [2.05, 4.69) is 6.07 Å². The zero-order chi connectivity index (χ0) is 12.4. The van der Waals surface area contributed by atoms with Gasteiger partial charge in [-0.05, 0) is 35.4 Å². The molecule has 3 rings (SSSR count). The minimum absolute atomic E-state index is 0.578. The van der Waals surface area contributed by atoms with E-state index in [1.807, 2.05) is 36.4 Å². The van der Waals surface area contributed by atoms with Gasteiger partial charge in [-0.2, -0.15) is 5.26 Å². The van der Waals surface area contributed by atoms with Crippen LogP contribution in [0.3, 0.4) is 0 Å². The molecule has 0 bridgehead atoms. The molecule has 0 saturated carbocycles. The molecule has 0 aromatic heterocycles. The van der Waals surface area contributed by atoms with Gasteiger partial charge in [-0.1, -0.05) is 18.2 Å². The van der Waals surface area contributed by atoms with Crippen molar-refractivity contribution in [2.24, 2.45) is 0 Å². The molecule has 0 fully saturated rings. The lowest BCUT2D eigenvalue weighted by Gasteiger charge is -2.18. The quantitative estimate of drug-likeness (QED) is 0.765. The van der Waals surface area contributed by atoms with E-state index in [0.717, 1.165) is 22.6 Å². The molecular formula is C15H11NO2. The lowest BCUT2D eigenvalue weighted by atomic mass is 10.0.